The Morgan fingerprint density at radius 2 is 1.83 bits per heavy atom. The molecule has 1 amide bonds. The fourth-order valence-corrected chi connectivity index (χ4v) is 4.59. The van der Waals surface area contributed by atoms with Crippen LogP contribution in [-0.4, -0.2) is 35.9 Å². The summed E-state index contributed by atoms with van der Waals surface area (Å²) in [4.78, 5) is 20.0. The van der Waals surface area contributed by atoms with Crippen molar-refractivity contribution in [2.45, 2.75) is 33.2 Å². The van der Waals surface area contributed by atoms with E-state index in [9.17, 15) is 4.79 Å². The lowest BCUT2D eigenvalue weighted by molar-refractivity contribution is -0.123. The average molecular weight is 435 g/mol. The molecule has 0 radical (unpaired) electrons. The van der Waals surface area contributed by atoms with Crippen molar-refractivity contribution >= 4 is 40.3 Å². The molecule has 152 valence electrons. The van der Waals surface area contributed by atoms with E-state index in [1.54, 1.807) is 15.7 Å². The van der Waals surface area contributed by atoms with Gasteiger partial charge >= 0.3 is 0 Å². The molecule has 0 N–H and O–H groups in total. The van der Waals surface area contributed by atoms with Gasteiger partial charge in [-0.2, -0.15) is 0 Å². The molecule has 2 aromatic carbocycles. The topological polar surface area (TPSA) is 51.0 Å². The van der Waals surface area contributed by atoms with Crippen molar-refractivity contribution in [1.29, 1.82) is 0 Å². The van der Waals surface area contributed by atoms with Gasteiger partial charge in [0.05, 0.1) is 10.6 Å². The number of aryl methyl sites for hydroxylation is 1. The third kappa shape index (κ3) is 3.95. The average Bonchev–Trinajstić information content (AvgIpc) is 3.29. The molecule has 2 heterocycles. The second-order valence-electron chi connectivity index (χ2n) is 7.22. The van der Waals surface area contributed by atoms with Crippen LogP contribution in [0.5, 0.6) is 0 Å². The molecular weight excluding hydrogens is 412 g/mol. The smallest absolute Gasteiger partial charge is 0.266 e. The Balaban J connectivity index is 1.79. The van der Waals surface area contributed by atoms with Crippen LogP contribution in [0.3, 0.4) is 0 Å². The molecule has 0 bridgehead atoms. The highest BCUT2D eigenvalue weighted by atomic mass is 32.2. The lowest BCUT2D eigenvalue weighted by Gasteiger charge is -2.21. The van der Waals surface area contributed by atoms with Crippen LogP contribution in [0.2, 0.25) is 0 Å². The highest BCUT2D eigenvalue weighted by Crippen LogP contribution is 2.34. The van der Waals surface area contributed by atoms with Crippen LogP contribution in [0.4, 0.5) is 0 Å². The number of hydrogen-bond acceptors (Lipinski definition) is 5. The molecule has 1 unspecified atom stereocenters. The van der Waals surface area contributed by atoms with Gasteiger partial charge in [0.1, 0.15) is 4.32 Å². The molecule has 5 nitrogen and oxygen atoms in total. The molecule has 7 heteroatoms. The van der Waals surface area contributed by atoms with Crippen LogP contribution >= 0.6 is 24.0 Å². The Morgan fingerprint density at radius 1 is 1.13 bits per heavy atom. The van der Waals surface area contributed by atoms with E-state index in [0.717, 1.165) is 17.7 Å². The summed E-state index contributed by atoms with van der Waals surface area (Å²) < 4.78 is 2.36. The molecule has 1 saturated heterocycles. The van der Waals surface area contributed by atoms with E-state index in [1.807, 2.05) is 75.4 Å². The molecule has 0 spiro atoms. The monoisotopic (exact) mass is 434 g/mol. The molecule has 1 aromatic heterocycles. The number of thiocarbonyl (C=S) groups is 1. The van der Waals surface area contributed by atoms with Crippen molar-refractivity contribution < 1.29 is 4.79 Å². The minimum absolute atomic E-state index is 0.0681. The Kier molecular flexibility index (Phi) is 5.83. The standard InChI is InChI=1S/C23H22N4OS2/c1-4-16(3)26-22(28)19(30-23(26)29)14-20-24-21(17-12-10-15(2)11-13-17)25-27(20)18-8-6-5-7-9-18/h5-14,16H,4H2,1-3H3/b19-14+. The van der Waals surface area contributed by atoms with E-state index in [4.69, 9.17) is 22.3 Å². The van der Waals surface area contributed by atoms with Crippen LogP contribution in [-0.2, 0) is 4.79 Å². The molecule has 3 aromatic rings. The maximum Gasteiger partial charge on any atom is 0.266 e. The zero-order valence-electron chi connectivity index (χ0n) is 17.1. The molecule has 30 heavy (non-hydrogen) atoms. The summed E-state index contributed by atoms with van der Waals surface area (Å²) >= 11 is 6.78. The molecule has 1 fully saturated rings. The maximum atomic E-state index is 13.0. The number of nitrogens with zero attached hydrogens (tertiary/aromatic N) is 4. The number of carbonyl (C=O) groups is 1. The first kappa shape index (κ1) is 20.5. The van der Waals surface area contributed by atoms with Crippen molar-refractivity contribution in [2.75, 3.05) is 0 Å². The van der Waals surface area contributed by atoms with Crippen LogP contribution in [0, 0.1) is 6.92 Å². The quantitative estimate of drug-likeness (QED) is 0.406. The summed E-state index contributed by atoms with van der Waals surface area (Å²) in [7, 11) is 0. The van der Waals surface area contributed by atoms with Crippen molar-refractivity contribution in [3.8, 4) is 17.1 Å². The normalized spacial score (nSPS) is 16.5. The summed E-state index contributed by atoms with van der Waals surface area (Å²) in [6.07, 6.45) is 2.64. The van der Waals surface area contributed by atoms with E-state index < -0.39 is 0 Å². The van der Waals surface area contributed by atoms with Gasteiger partial charge in [0.25, 0.3) is 5.91 Å². The summed E-state index contributed by atoms with van der Waals surface area (Å²) in [6.45, 7) is 6.10. The zero-order chi connectivity index (χ0) is 21.3. The summed E-state index contributed by atoms with van der Waals surface area (Å²) in [5, 5.41) is 4.73. The maximum absolute atomic E-state index is 13.0. The van der Waals surface area contributed by atoms with Crippen LogP contribution < -0.4 is 0 Å². The number of thioether (sulfide) groups is 1. The highest BCUT2D eigenvalue weighted by Gasteiger charge is 2.35. The lowest BCUT2D eigenvalue weighted by Crippen LogP contribution is -2.36. The zero-order valence-corrected chi connectivity index (χ0v) is 18.7. The van der Waals surface area contributed by atoms with Crippen molar-refractivity contribution in [1.82, 2.24) is 19.7 Å². The van der Waals surface area contributed by atoms with E-state index >= 15 is 0 Å². The minimum Gasteiger partial charge on any atom is -0.290 e. The number of aromatic nitrogens is 3. The van der Waals surface area contributed by atoms with Crippen molar-refractivity contribution in [3.63, 3.8) is 0 Å². The van der Waals surface area contributed by atoms with E-state index in [0.29, 0.717) is 20.9 Å². The predicted molar refractivity (Wildman–Crippen MR) is 126 cm³/mol. The van der Waals surface area contributed by atoms with E-state index in [1.165, 1.54) is 17.3 Å². The molecular formula is C23H22N4OS2. The van der Waals surface area contributed by atoms with Gasteiger partial charge < -0.3 is 0 Å². The Bertz CT molecular complexity index is 1120. The molecule has 0 aliphatic carbocycles. The minimum atomic E-state index is -0.0705. The number of para-hydroxylation sites is 1. The van der Waals surface area contributed by atoms with Crippen LogP contribution in [0.15, 0.2) is 59.5 Å². The van der Waals surface area contributed by atoms with Gasteiger partial charge in [0, 0.05) is 17.7 Å². The van der Waals surface area contributed by atoms with Gasteiger partial charge in [0.2, 0.25) is 0 Å². The Labute approximate surface area is 185 Å². The third-order valence-corrected chi connectivity index (χ3v) is 6.39. The van der Waals surface area contributed by atoms with E-state index in [-0.39, 0.29) is 11.9 Å². The van der Waals surface area contributed by atoms with Gasteiger partial charge in [-0.1, -0.05) is 78.9 Å². The van der Waals surface area contributed by atoms with Gasteiger partial charge in [-0.05, 0) is 32.4 Å². The second kappa shape index (κ2) is 8.53. The van der Waals surface area contributed by atoms with Crippen molar-refractivity contribution in [2.24, 2.45) is 0 Å². The predicted octanol–water partition coefficient (Wildman–Crippen LogP) is 5.24. The summed E-state index contributed by atoms with van der Waals surface area (Å²) in [6, 6.07) is 18.0. The molecule has 1 atom stereocenters. The van der Waals surface area contributed by atoms with Gasteiger partial charge in [-0.3, -0.25) is 9.69 Å². The van der Waals surface area contributed by atoms with Gasteiger partial charge in [0.15, 0.2) is 11.6 Å². The number of hydrogen-bond donors (Lipinski definition) is 0. The summed E-state index contributed by atoms with van der Waals surface area (Å²) in [5.41, 5.74) is 2.99. The Morgan fingerprint density at radius 3 is 2.50 bits per heavy atom. The largest absolute Gasteiger partial charge is 0.290 e. The number of benzene rings is 2. The first-order valence-corrected chi connectivity index (χ1v) is 11.1. The van der Waals surface area contributed by atoms with Crippen molar-refractivity contribution in [3.05, 3.63) is 70.9 Å². The van der Waals surface area contributed by atoms with E-state index in [2.05, 4.69) is 0 Å². The lowest BCUT2D eigenvalue weighted by atomic mass is 10.1. The van der Waals surface area contributed by atoms with Crippen LogP contribution in [0.25, 0.3) is 23.2 Å². The Hall–Kier alpha value is -2.77. The first-order valence-electron chi connectivity index (χ1n) is 9.84. The molecule has 0 saturated carbocycles. The molecule has 1 aliphatic heterocycles. The highest BCUT2D eigenvalue weighted by molar-refractivity contribution is 8.26. The number of amides is 1. The third-order valence-electron chi connectivity index (χ3n) is 5.06. The number of rotatable bonds is 5. The van der Waals surface area contributed by atoms with Gasteiger partial charge in [-0.15, -0.1) is 5.10 Å². The number of carbonyl (C=O) groups excluding carboxylic acids is 1. The molecule has 1 aliphatic rings. The second-order valence-corrected chi connectivity index (χ2v) is 8.89. The molecule has 4 rings (SSSR count). The van der Waals surface area contributed by atoms with Crippen LogP contribution in [0.1, 0.15) is 31.7 Å². The fraction of sp³-hybridized carbons (Fsp3) is 0.217. The summed E-state index contributed by atoms with van der Waals surface area (Å²) in [5.74, 6) is 1.14. The first-order chi connectivity index (χ1) is 14.5. The van der Waals surface area contributed by atoms with Gasteiger partial charge in [-0.25, -0.2) is 9.67 Å². The fourth-order valence-electron chi connectivity index (χ4n) is 3.16. The SMILES string of the molecule is CCC(C)N1C(=O)/C(=C\c2nc(-c3ccc(C)cc3)nn2-c2ccccc2)SC1=S.